The maximum Gasteiger partial charge on any atom is 0.122 e. The molecule has 0 saturated carbocycles. The molecule has 0 bridgehead atoms. The van der Waals surface area contributed by atoms with Crippen LogP contribution in [0.2, 0.25) is 0 Å². The summed E-state index contributed by atoms with van der Waals surface area (Å²) in [6, 6.07) is 0. The fraction of sp³-hybridized carbons (Fsp3) is 0.400. The summed E-state index contributed by atoms with van der Waals surface area (Å²) >= 11 is 0. The van der Waals surface area contributed by atoms with Crippen molar-refractivity contribution in [2.45, 2.75) is 13.1 Å². The van der Waals surface area contributed by atoms with Crippen molar-refractivity contribution >= 4 is 0 Å². The summed E-state index contributed by atoms with van der Waals surface area (Å²) < 4.78 is 4.02. The summed E-state index contributed by atoms with van der Waals surface area (Å²) in [7, 11) is 3.98. The SMILES string of the molecule is Cn1cncc1CNCc1nccn1C. The molecule has 0 aliphatic rings. The Morgan fingerprint density at radius 2 is 2.13 bits per heavy atom. The van der Waals surface area contributed by atoms with Crippen LogP contribution in [0.4, 0.5) is 0 Å². The summed E-state index contributed by atoms with van der Waals surface area (Å²) in [6.07, 6.45) is 7.42. The van der Waals surface area contributed by atoms with Gasteiger partial charge in [0.1, 0.15) is 5.82 Å². The molecule has 5 heteroatoms. The maximum atomic E-state index is 4.24. The van der Waals surface area contributed by atoms with Crippen molar-refractivity contribution in [2.75, 3.05) is 0 Å². The molecule has 80 valence electrons. The Morgan fingerprint density at radius 3 is 2.73 bits per heavy atom. The second-order valence-electron chi connectivity index (χ2n) is 3.55. The predicted molar refractivity (Wildman–Crippen MR) is 57.0 cm³/mol. The molecule has 0 fully saturated rings. The first-order chi connectivity index (χ1) is 7.27. The van der Waals surface area contributed by atoms with E-state index in [1.54, 1.807) is 12.5 Å². The standard InChI is InChI=1S/C10H15N5/c1-14-4-3-13-10(14)7-11-5-9-6-12-8-15(9)2/h3-4,6,8,11H,5,7H2,1-2H3. The van der Waals surface area contributed by atoms with E-state index in [2.05, 4.69) is 15.3 Å². The lowest BCUT2D eigenvalue weighted by Crippen LogP contribution is -2.17. The largest absolute Gasteiger partial charge is 0.337 e. The Hall–Kier alpha value is -1.62. The van der Waals surface area contributed by atoms with E-state index in [1.165, 1.54) is 5.69 Å². The third-order valence-corrected chi connectivity index (χ3v) is 2.43. The van der Waals surface area contributed by atoms with Crippen molar-refractivity contribution in [1.82, 2.24) is 24.4 Å². The van der Waals surface area contributed by atoms with Gasteiger partial charge in [0.05, 0.1) is 18.6 Å². The zero-order valence-electron chi connectivity index (χ0n) is 9.01. The van der Waals surface area contributed by atoms with Gasteiger partial charge in [-0.05, 0) is 0 Å². The Kier molecular flexibility index (Phi) is 2.82. The van der Waals surface area contributed by atoms with Crippen molar-refractivity contribution in [1.29, 1.82) is 0 Å². The van der Waals surface area contributed by atoms with Gasteiger partial charge >= 0.3 is 0 Å². The molecule has 0 aliphatic carbocycles. The zero-order chi connectivity index (χ0) is 10.7. The van der Waals surface area contributed by atoms with E-state index >= 15 is 0 Å². The number of aryl methyl sites for hydroxylation is 2. The molecule has 2 heterocycles. The summed E-state index contributed by atoms with van der Waals surface area (Å²) in [4.78, 5) is 8.29. The molecule has 2 aromatic rings. The van der Waals surface area contributed by atoms with E-state index in [0.29, 0.717) is 0 Å². The summed E-state index contributed by atoms with van der Waals surface area (Å²) in [5.74, 6) is 1.04. The average molecular weight is 205 g/mol. The number of hydrogen-bond donors (Lipinski definition) is 1. The molecule has 0 aromatic carbocycles. The van der Waals surface area contributed by atoms with Crippen LogP contribution in [0.3, 0.4) is 0 Å². The quantitative estimate of drug-likeness (QED) is 0.788. The van der Waals surface area contributed by atoms with E-state index in [4.69, 9.17) is 0 Å². The minimum atomic E-state index is 0.772. The van der Waals surface area contributed by atoms with Gasteiger partial charge in [-0.2, -0.15) is 0 Å². The number of nitrogens with one attached hydrogen (secondary N) is 1. The first kappa shape index (κ1) is 9.92. The highest BCUT2D eigenvalue weighted by Gasteiger charge is 2.00. The Labute approximate surface area is 88.8 Å². The van der Waals surface area contributed by atoms with Crippen LogP contribution in [0.5, 0.6) is 0 Å². The first-order valence-corrected chi connectivity index (χ1v) is 4.89. The van der Waals surface area contributed by atoms with E-state index in [1.807, 2.05) is 35.6 Å². The first-order valence-electron chi connectivity index (χ1n) is 4.89. The molecule has 2 aromatic heterocycles. The number of nitrogens with zero attached hydrogens (tertiary/aromatic N) is 4. The van der Waals surface area contributed by atoms with E-state index in [-0.39, 0.29) is 0 Å². The molecular weight excluding hydrogens is 190 g/mol. The van der Waals surface area contributed by atoms with Gasteiger partial charge in [0.2, 0.25) is 0 Å². The van der Waals surface area contributed by atoms with Gasteiger partial charge in [-0.1, -0.05) is 0 Å². The molecule has 0 saturated heterocycles. The Balaban J connectivity index is 1.86. The highest BCUT2D eigenvalue weighted by atomic mass is 15.1. The van der Waals surface area contributed by atoms with Gasteiger partial charge < -0.3 is 14.5 Å². The minimum Gasteiger partial charge on any atom is -0.337 e. The molecule has 2 rings (SSSR count). The number of rotatable bonds is 4. The van der Waals surface area contributed by atoms with Crippen LogP contribution in [0, 0.1) is 0 Å². The van der Waals surface area contributed by atoms with Crippen LogP contribution in [0.1, 0.15) is 11.5 Å². The van der Waals surface area contributed by atoms with Gasteiger partial charge in [-0.3, -0.25) is 0 Å². The summed E-state index contributed by atoms with van der Waals surface area (Å²) in [6.45, 7) is 1.58. The molecular formula is C10H15N5. The van der Waals surface area contributed by atoms with Crippen LogP contribution in [0.25, 0.3) is 0 Å². The van der Waals surface area contributed by atoms with E-state index in [9.17, 15) is 0 Å². The van der Waals surface area contributed by atoms with Crippen LogP contribution >= 0.6 is 0 Å². The molecule has 0 aliphatic heterocycles. The smallest absolute Gasteiger partial charge is 0.122 e. The van der Waals surface area contributed by atoms with Gasteiger partial charge in [0, 0.05) is 39.2 Å². The Morgan fingerprint density at radius 1 is 1.27 bits per heavy atom. The van der Waals surface area contributed by atoms with Crippen LogP contribution < -0.4 is 5.32 Å². The zero-order valence-corrected chi connectivity index (χ0v) is 9.01. The monoisotopic (exact) mass is 205 g/mol. The number of hydrogen-bond acceptors (Lipinski definition) is 3. The van der Waals surface area contributed by atoms with Crippen molar-refractivity contribution < 1.29 is 0 Å². The van der Waals surface area contributed by atoms with Gasteiger partial charge in [-0.15, -0.1) is 0 Å². The molecule has 15 heavy (non-hydrogen) atoms. The Bertz CT molecular complexity index is 388. The van der Waals surface area contributed by atoms with E-state index < -0.39 is 0 Å². The van der Waals surface area contributed by atoms with Crippen molar-refractivity contribution in [2.24, 2.45) is 14.1 Å². The fourth-order valence-corrected chi connectivity index (χ4v) is 1.42. The lowest BCUT2D eigenvalue weighted by molar-refractivity contribution is 0.616. The predicted octanol–water partition coefficient (Wildman–Crippen LogP) is 0.443. The third kappa shape index (κ3) is 2.24. The molecule has 5 nitrogen and oxygen atoms in total. The topological polar surface area (TPSA) is 47.7 Å². The molecule has 0 radical (unpaired) electrons. The number of aromatic nitrogens is 4. The summed E-state index contributed by atoms with van der Waals surface area (Å²) in [5, 5.41) is 3.33. The molecule has 1 N–H and O–H groups in total. The molecule has 0 atom stereocenters. The molecule has 0 spiro atoms. The maximum absolute atomic E-state index is 4.24. The highest BCUT2D eigenvalue weighted by molar-refractivity contribution is 4.97. The van der Waals surface area contributed by atoms with Crippen LogP contribution in [0.15, 0.2) is 24.9 Å². The van der Waals surface area contributed by atoms with Crippen LogP contribution in [-0.2, 0) is 27.2 Å². The normalized spacial score (nSPS) is 10.8. The van der Waals surface area contributed by atoms with Crippen molar-refractivity contribution in [3.05, 3.63) is 36.4 Å². The van der Waals surface area contributed by atoms with Gasteiger partial charge in [0.15, 0.2) is 0 Å². The van der Waals surface area contributed by atoms with Crippen LogP contribution in [-0.4, -0.2) is 19.1 Å². The van der Waals surface area contributed by atoms with E-state index in [0.717, 1.165) is 18.9 Å². The van der Waals surface area contributed by atoms with Crippen molar-refractivity contribution in [3.8, 4) is 0 Å². The summed E-state index contributed by atoms with van der Waals surface area (Å²) in [5.41, 5.74) is 1.17. The lowest BCUT2D eigenvalue weighted by atomic mass is 10.4. The van der Waals surface area contributed by atoms with Crippen molar-refractivity contribution in [3.63, 3.8) is 0 Å². The van der Waals surface area contributed by atoms with Gasteiger partial charge in [0.25, 0.3) is 0 Å². The van der Waals surface area contributed by atoms with Gasteiger partial charge in [-0.25, -0.2) is 9.97 Å². The highest BCUT2D eigenvalue weighted by Crippen LogP contribution is 1.97. The molecule has 0 amide bonds. The second-order valence-corrected chi connectivity index (χ2v) is 3.55. The lowest BCUT2D eigenvalue weighted by Gasteiger charge is -2.05. The average Bonchev–Trinajstić information content (AvgIpc) is 2.78. The third-order valence-electron chi connectivity index (χ3n) is 2.43. The minimum absolute atomic E-state index is 0.772. The second kappa shape index (κ2) is 4.27. The molecule has 0 unspecified atom stereocenters. The fourth-order valence-electron chi connectivity index (χ4n) is 1.42. The number of imidazole rings is 2.